The van der Waals surface area contributed by atoms with Crippen LogP contribution in [0.2, 0.25) is 0 Å². The molecule has 2 aromatic carbocycles. The van der Waals surface area contributed by atoms with E-state index in [1.165, 1.54) is 16.8 Å². The average Bonchev–Trinajstić information content (AvgIpc) is 3.37. The Morgan fingerprint density at radius 2 is 1.72 bits per heavy atom. The summed E-state index contributed by atoms with van der Waals surface area (Å²) in [4.78, 5) is 8.76. The van der Waals surface area contributed by atoms with E-state index in [1.54, 1.807) is 47.6 Å². The minimum atomic E-state index is -0.282. The fourth-order valence-electron chi connectivity index (χ4n) is 2.98. The Hall–Kier alpha value is -3.10. The molecule has 0 spiro atoms. The molecule has 0 aliphatic rings. The number of thioether (sulfide) groups is 1. The summed E-state index contributed by atoms with van der Waals surface area (Å²) in [6, 6.07) is 18.2. The van der Waals surface area contributed by atoms with Gasteiger partial charge in [0, 0.05) is 23.6 Å². The van der Waals surface area contributed by atoms with E-state index in [4.69, 9.17) is 0 Å². The van der Waals surface area contributed by atoms with E-state index in [1.807, 2.05) is 34.9 Å². The molecule has 0 saturated heterocycles. The first-order chi connectivity index (χ1) is 14.3. The normalized spacial score (nSPS) is 11.2. The number of benzene rings is 2. The van der Waals surface area contributed by atoms with Gasteiger partial charge in [0.1, 0.15) is 10.8 Å². The Balaban J connectivity index is 1.52. The van der Waals surface area contributed by atoms with Gasteiger partial charge in [0.15, 0.2) is 11.0 Å². The van der Waals surface area contributed by atoms with Crippen molar-refractivity contribution >= 4 is 33.3 Å². The van der Waals surface area contributed by atoms with Crippen molar-refractivity contribution in [3.05, 3.63) is 83.9 Å². The molecule has 3 heterocycles. The summed E-state index contributed by atoms with van der Waals surface area (Å²) in [6.45, 7) is 0. The van der Waals surface area contributed by atoms with Gasteiger partial charge in [-0.25, -0.2) is 9.37 Å². The zero-order valence-electron chi connectivity index (χ0n) is 15.1. The van der Waals surface area contributed by atoms with E-state index in [9.17, 15) is 4.39 Å². The van der Waals surface area contributed by atoms with Gasteiger partial charge in [-0.3, -0.25) is 9.55 Å². The number of para-hydroxylation sites is 1. The molecule has 0 atom stereocenters. The monoisotopic (exact) mass is 419 g/mol. The Labute approximate surface area is 174 Å². The summed E-state index contributed by atoms with van der Waals surface area (Å²) in [5, 5.41) is 10.5. The molecule has 5 rings (SSSR count). The van der Waals surface area contributed by atoms with Gasteiger partial charge in [-0.05, 0) is 48.5 Å². The van der Waals surface area contributed by atoms with Crippen LogP contribution in [0.4, 0.5) is 4.39 Å². The predicted molar refractivity (Wildman–Crippen MR) is 114 cm³/mol. The highest BCUT2D eigenvalue weighted by Gasteiger charge is 2.17. The second kappa shape index (κ2) is 7.73. The van der Waals surface area contributed by atoms with Crippen LogP contribution in [-0.2, 0) is 5.75 Å². The second-order valence-corrected chi connectivity index (χ2v) is 8.28. The summed E-state index contributed by atoms with van der Waals surface area (Å²) < 4.78 is 16.6. The first-order valence-corrected chi connectivity index (χ1v) is 10.7. The molecule has 0 radical (unpaired) electrons. The number of nitrogens with zero attached hydrogens (tertiary/aromatic N) is 5. The number of halogens is 1. The number of pyridine rings is 1. The van der Waals surface area contributed by atoms with E-state index < -0.39 is 0 Å². The van der Waals surface area contributed by atoms with E-state index >= 15 is 0 Å². The largest absolute Gasteiger partial charge is 0.270 e. The quantitative estimate of drug-likeness (QED) is 0.359. The molecule has 29 heavy (non-hydrogen) atoms. The standard InChI is InChI=1S/C21H14FN5S2/c22-15-5-7-16(8-6-15)27-20(14-9-11-23-12-10-14)25-26-21(27)28-13-19-24-17-3-1-2-4-18(17)29-19/h1-12H,13H2. The van der Waals surface area contributed by atoms with E-state index in [0.717, 1.165) is 26.9 Å². The maximum atomic E-state index is 13.5. The van der Waals surface area contributed by atoms with Crippen molar-refractivity contribution in [2.75, 3.05) is 0 Å². The zero-order chi connectivity index (χ0) is 19.6. The molecule has 0 aliphatic heterocycles. The lowest BCUT2D eigenvalue weighted by molar-refractivity contribution is 0.627. The molecule has 0 bridgehead atoms. The lowest BCUT2D eigenvalue weighted by Gasteiger charge is -2.10. The van der Waals surface area contributed by atoms with Gasteiger partial charge in [-0.1, -0.05) is 23.9 Å². The fourth-order valence-corrected chi connectivity index (χ4v) is 4.89. The molecule has 8 heteroatoms. The number of aromatic nitrogens is 5. The van der Waals surface area contributed by atoms with Crippen LogP contribution in [0.3, 0.4) is 0 Å². The maximum absolute atomic E-state index is 13.5. The highest BCUT2D eigenvalue weighted by Crippen LogP contribution is 2.31. The van der Waals surface area contributed by atoms with Crippen molar-refractivity contribution in [2.24, 2.45) is 0 Å². The topological polar surface area (TPSA) is 56.5 Å². The van der Waals surface area contributed by atoms with Crippen LogP contribution in [0.15, 0.2) is 78.2 Å². The highest BCUT2D eigenvalue weighted by atomic mass is 32.2. The summed E-state index contributed by atoms with van der Waals surface area (Å²) in [6.07, 6.45) is 3.43. The average molecular weight is 420 g/mol. The number of thiazole rings is 1. The van der Waals surface area contributed by atoms with Crippen molar-refractivity contribution in [1.29, 1.82) is 0 Å². The highest BCUT2D eigenvalue weighted by molar-refractivity contribution is 7.98. The molecular weight excluding hydrogens is 405 g/mol. The molecule has 5 nitrogen and oxygen atoms in total. The first-order valence-electron chi connectivity index (χ1n) is 8.87. The minimum absolute atomic E-state index is 0.282. The van der Waals surface area contributed by atoms with Gasteiger partial charge in [0.2, 0.25) is 0 Å². The third-order valence-electron chi connectivity index (χ3n) is 4.32. The van der Waals surface area contributed by atoms with Crippen LogP contribution in [0, 0.1) is 5.82 Å². The molecular formula is C21H14FN5S2. The molecule has 0 aliphatic carbocycles. The third-order valence-corrected chi connectivity index (χ3v) is 6.48. The van der Waals surface area contributed by atoms with Crippen molar-refractivity contribution < 1.29 is 4.39 Å². The summed E-state index contributed by atoms with van der Waals surface area (Å²) in [7, 11) is 0. The molecule has 0 amide bonds. The van der Waals surface area contributed by atoms with Crippen LogP contribution in [-0.4, -0.2) is 24.7 Å². The van der Waals surface area contributed by atoms with Crippen LogP contribution < -0.4 is 0 Å². The Kier molecular flexibility index (Phi) is 4.79. The summed E-state index contributed by atoms with van der Waals surface area (Å²) >= 11 is 3.23. The molecule has 0 saturated carbocycles. The molecule has 3 aromatic heterocycles. The number of hydrogen-bond donors (Lipinski definition) is 0. The minimum Gasteiger partial charge on any atom is -0.270 e. The van der Waals surface area contributed by atoms with Gasteiger partial charge >= 0.3 is 0 Å². The summed E-state index contributed by atoms with van der Waals surface area (Å²) in [5.74, 6) is 1.08. The van der Waals surface area contributed by atoms with E-state index in [-0.39, 0.29) is 5.82 Å². The van der Waals surface area contributed by atoms with Crippen molar-refractivity contribution in [3.8, 4) is 17.1 Å². The SMILES string of the molecule is Fc1ccc(-n2c(SCc3nc4ccccc4s3)nnc2-c2ccncc2)cc1. The van der Waals surface area contributed by atoms with Gasteiger partial charge in [-0.15, -0.1) is 21.5 Å². The number of rotatable bonds is 5. The molecule has 142 valence electrons. The molecule has 5 aromatic rings. The Morgan fingerprint density at radius 3 is 2.52 bits per heavy atom. The molecule has 0 N–H and O–H groups in total. The van der Waals surface area contributed by atoms with Crippen LogP contribution in [0.5, 0.6) is 0 Å². The first kappa shape index (κ1) is 18.0. The summed E-state index contributed by atoms with van der Waals surface area (Å²) in [5.41, 5.74) is 2.70. The maximum Gasteiger partial charge on any atom is 0.196 e. The predicted octanol–water partition coefficient (Wildman–Crippen LogP) is 5.37. The van der Waals surface area contributed by atoms with Crippen molar-refractivity contribution in [1.82, 2.24) is 24.7 Å². The number of hydrogen-bond acceptors (Lipinski definition) is 6. The van der Waals surface area contributed by atoms with E-state index in [0.29, 0.717) is 11.6 Å². The van der Waals surface area contributed by atoms with Gasteiger partial charge in [-0.2, -0.15) is 0 Å². The van der Waals surface area contributed by atoms with Crippen LogP contribution in [0.1, 0.15) is 5.01 Å². The van der Waals surface area contributed by atoms with Crippen molar-refractivity contribution in [3.63, 3.8) is 0 Å². The Bertz CT molecular complexity index is 1230. The lowest BCUT2D eigenvalue weighted by Crippen LogP contribution is -2.00. The van der Waals surface area contributed by atoms with Gasteiger partial charge in [0.25, 0.3) is 0 Å². The van der Waals surface area contributed by atoms with Crippen molar-refractivity contribution in [2.45, 2.75) is 10.9 Å². The lowest BCUT2D eigenvalue weighted by atomic mass is 10.2. The van der Waals surface area contributed by atoms with Gasteiger partial charge < -0.3 is 0 Å². The third kappa shape index (κ3) is 3.64. The zero-order valence-corrected chi connectivity index (χ0v) is 16.7. The number of fused-ring (bicyclic) bond motifs is 1. The Morgan fingerprint density at radius 1 is 0.931 bits per heavy atom. The van der Waals surface area contributed by atoms with Crippen LogP contribution in [0.25, 0.3) is 27.3 Å². The van der Waals surface area contributed by atoms with E-state index in [2.05, 4.69) is 26.2 Å². The molecule has 0 fully saturated rings. The second-order valence-electron chi connectivity index (χ2n) is 6.22. The van der Waals surface area contributed by atoms with Gasteiger partial charge in [0.05, 0.1) is 16.0 Å². The molecule has 0 unspecified atom stereocenters. The van der Waals surface area contributed by atoms with Crippen LogP contribution >= 0.6 is 23.1 Å². The smallest absolute Gasteiger partial charge is 0.196 e. The fraction of sp³-hybridized carbons (Fsp3) is 0.0476.